The third-order valence-corrected chi connectivity index (χ3v) is 4.18. The van der Waals surface area contributed by atoms with Crippen LogP contribution in [0.1, 0.15) is 0 Å². The van der Waals surface area contributed by atoms with Crippen LogP contribution >= 0.6 is 11.6 Å². The molecule has 6 heteroatoms. The quantitative estimate of drug-likeness (QED) is 0.776. The van der Waals surface area contributed by atoms with E-state index in [1.165, 1.54) is 4.90 Å². The van der Waals surface area contributed by atoms with Crippen molar-refractivity contribution < 1.29 is 20.1 Å². The molecule has 2 aromatic carbocycles. The highest BCUT2D eigenvalue weighted by Gasteiger charge is 2.40. The van der Waals surface area contributed by atoms with Crippen molar-refractivity contribution in [3.8, 4) is 11.1 Å². The van der Waals surface area contributed by atoms with E-state index in [-0.39, 0.29) is 6.54 Å². The van der Waals surface area contributed by atoms with Crippen LogP contribution in [0, 0.1) is 0 Å². The molecular formula is C17H16ClNO4. The van der Waals surface area contributed by atoms with E-state index in [2.05, 4.69) is 0 Å². The molecule has 5 nitrogen and oxygen atoms in total. The van der Waals surface area contributed by atoms with Gasteiger partial charge in [0.2, 0.25) is 0 Å². The minimum atomic E-state index is -1.62. The molecule has 1 heterocycles. The number of hydrogen-bond donors (Lipinski definition) is 3. The predicted octanol–water partition coefficient (Wildman–Crippen LogP) is 1.44. The highest BCUT2D eigenvalue weighted by molar-refractivity contribution is 6.30. The molecule has 23 heavy (non-hydrogen) atoms. The third-order valence-electron chi connectivity index (χ3n) is 3.94. The maximum Gasteiger partial charge on any atom is 0.258 e. The summed E-state index contributed by atoms with van der Waals surface area (Å²) in [6, 6.07) is 14.5. The van der Waals surface area contributed by atoms with Gasteiger partial charge in [-0.05, 0) is 35.4 Å². The summed E-state index contributed by atoms with van der Waals surface area (Å²) in [6.45, 7) is -0.0619. The summed E-state index contributed by atoms with van der Waals surface area (Å²) in [6.07, 6.45) is -4.26. The zero-order valence-electron chi connectivity index (χ0n) is 12.1. The molecule has 0 aromatic heterocycles. The maximum atomic E-state index is 12.1. The van der Waals surface area contributed by atoms with Crippen LogP contribution in [0.25, 0.3) is 11.1 Å². The number of aliphatic hydroxyl groups excluding tert-OH is 3. The molecule has 1 fully saturated rings. The average molecular weight is 334 g/mol. The van der Waals surface area contributed by atoms with E-state index >= 15 is 0 Å². The molecular weight excluding hydrogens is 318 g/mol. The Kier molecular flexibility index (Phi) is 4.37. The second kappa shape index (κ2) is 6.29. The van der Waals surface area contributed by atoms with Crippen LogP contribution in [0.4, 0.5) is 5.69 Å². The van der Waals surface area contributed by atoms with Gasteiger partial charge in [0.1, 0.15) is 12.2 Å². The van der Waals surface area contributed by atoms with E-state index in [4.69, 9.17) is 11.6 Å². The van der Waals surface area contributed by atoms with Crippen LogP contribution in [0.2, 0.25) is 5.02 Å². The number of aliphatic hydroxyl groups is 3. The third kappa shape index (κ3) is 3.09. The Morgan fingerprint density at radius 1 is 1.00 bits per heavy atom. The van der Waals surface area contributed by atoms with Gasteiger partial charge in [0.15, 0.2) is 6.10 Å². The predicted molar refractivity (Wildman–Crippen MR) is 87.3 cm³/mol. The fourth-order valence-corrected chi connectivity index (χ4v) is 2.83. The first-order valence-corrected chi connectivity index (χ1v) is 7.57. The standard InChI is InChI=1S/C17H16ClNO4/c18-12-3-1-2-11(8-12)10-4-6-13(7-5-10)19-9-14(20)15(21)16(22)17(19)23/h1-8,14-16,20-22H,9H2/t14-,15+,16+/m0/s1. The van der Waals surface area contributed by atoms with Crippen molar-refractivity contribution in [3.63, 3.8) is 0 Å². The summed E-state index contributed by atoms with van der Waals surface area (Å²) >= 11 is 5.98. The Morgan fingerprint density at radius 2 is 1.70 bits per heavy atom. The minimum Gasteiger partial charge on any atom is -0.388 e. The first-order valence-electron chi connectivity index (χ1n) is 7.19. The topological polar surface area (TPSA) is 81.0 Å². The Hall–Kier alpha value is -1.92. The molecule has 0 unspecified atom stereocenters. The molecule has 120 valence electrons. The van der Waals surface area contributed by atoms with Crippen LogP contribution < -0.4 is 4.90 Å². The summed E-state index contributed by atoms with van der Waals surface area (Å²) < 4.78 is 0. The van der Waals surface area contributed by atoms with Crippen molar-refractivity contribution in [2.75, 3.05) is 11.4 Å². The van der Waals surface area contributed by atoms with Crippen molar-refractivity contribution in [3.05, 3.63) is 53.6 Å². The molecule has 1 saturated heterocycles. The number of anilines is 1. The molecule has 3 N–H and O–H groups in total. The molecule has 1 aliphatic heterocycles. The van der Waals surface area contributed by atoms with Crippen molar-refractivity contribution in [2.45, 2.75) is 18.3 Å². The summed E-state index contributed by atoms with van der Waals surface area (Å²) in [5.41, 5.74) is 2.43. The number of carbonyl (C=O) groups is 1. The smallest absolute Gasteiger partial charge is 0.258 e. The van der Waals surface area contributed by atoms with E-state index in [1.54, 1.807) is 18.2 Å². The van der Waals surface area contributed by atoms with Crippen molar-refractivity contribution >= 4 is 23.2 Å². The number of carbonyl (C=O) groups excluding carboxylic acids is 1. The number of hydrogen-bond acceptors (Lipinski definition) is 4. The van der Waals surface area contributed by atoms with Crippen LogP contribution in [-0.4, -0.2) is 46.1 Å². The van der Waals surface area contributed by atoms with E-state index in [9.17, 15) is 20.1 Å². The van der Waals surface area contributed by atoms with Gasteiger partial charge in [-0.3, -0.25) is 4.79 Å². The van der Waals surface area contributed by atoms with Crippen molar-refractivity contribution in [1.82, 2.24) is 0 Å². The van der Waals surface area contributed by atoms with E-state index in [1.807, 2.05) is 30.3 Å². The largest absolute Gasteiger partial charge is 0.388 e. The number of rotatable bonds is 2. The molecule has 0 radical (unpaired) electrons. The van der Waals surface area contributed by atoms with Gasteiger partial charge in [-0.1, -0.05) is 35.9 Å². The van der Waals surface area contributed by atoms with E-state index in [0.717, 1.165) is 11.1 Å². The molecule has 3 atom stereocenters. The first-order chi connectivity index (χ1) is 11.0. The monoisotopic (exact) mass is 333 g/mol. The normalized spacial score (nSPS) is 24.8. The lowest BCUT2D eigenvalue weighted by Gasteiger charge is -2.36. The summed E-state index contributed by atoms with van der Waals surface area (Å²) in [4.78, 5) is 13.3. The van der Waals surface area contributed by atoms with Crippen LogP contribution in [-0.2, 0) is 4.79 Å². The molecule has 0 bridgehead atoms. The number of nitrogens with zero attached hydrogens (tertiary/aromatic N) is 1. The van der Waals surface area contributed by atoms with Crippen LogP contribution in [0.5, 0.6) is 0 Å². The molecule has 0 aliphatic carbocycles. The molecule has 0 saturated carbocycles. The van der Waals surface area contributed by atoms with Crippen molar-refractivity contribution in [1.29, 1.82) is 0 Å². The highest BCUT2D eigenvalue weighted by atomic mass is 35.5. The Bertz CT molecular complexity index is 719. The zero-order valence-corrected chi connectivity index (χ0v) is 12.9. The second-order valence-electron chi connectivity index (χ2n) is 5.51. The zero-order chi connectivity index (χ0) is 16.6. The fourth-order valence-electron chi connectivity index (χ4n) is 2.64. The number of benzene rings is 2. The number of piperidine rings is 1. The van der Waals surface area contributed by atoms with Gasteiger partial charge in [-0.15, -0.1) is 0 Å². The van der Waals surface area contributed by atoms with Crippen LogP contribution in [0.3, 0.4) is 0 Å². The summed E-state index contributed by atoms with van der Waals surface area (Å²) in [7, 11) is 0. The van der Waals surface area contributed by atoms with Crippen LogP contribution in [0.15, 0.2) is 48.5 Å². The van der Waals surface area contributed by atoms with Gasteiger partial charge >= 0.3 is 0 Å². The Morgan fingerprint density at radius 3 is 2.35 bits per heavy atom. The highest BCUT2D eigenvalue weighted by Crippen LogP contribution is 2.27. The summed E-state index contributed by atoms with van der Waals surface area (Å²) in [5, 5.41) is 29.6. The summed E-state index contributed by atoms with van der Waals surface area (Å²) in [5.74, 6) is -0.627. The van der Waals surface area contributed by atoms with E-state index < -0.39 is 24.2 Å². The number of amides is 1. The molecule has 1 aliphatic rings. The van der Waals surface area contributed by atoms with Gasteiger partial charge in [0.25, 0.3) is 5.91 Å². The Labute approximate surface area is 138 Å². The second-order valence-corrected chi connectivity index (χ2v) is 5.95. The molecule has 0 spiro atoms. The maximum absolute atomic E-state index is 12.1. The SMILES string of the molecule is O=C1[C@H](O)[C@H](O)[C@@H](O)CN1c1ccc(-c2cccc(Cl)c2)cc1. The minimum absolute atomic E-state index is 0.0619. The van der Waals surface area contributed by atoms with Crippen molar-refractivity contribution in [2.24, 2.45) is 0 Å². The van der Waals surface area contributed by atoms with Gasteiger partial charge in [0, 0.05) is 10.7 Å². The molecule has 2 aromatic rings. The Balaban J connectivity index is 1.86. The molecule has 3 rings (SSSR count). The number of halogens is 1. The lowest BCUT2D eigenvalue weighted by Crippen LogP contribution is -2.59. The van der Waals surface area contributed by atoms with Gasteiger partial charge in [0.05, 0.1) is 6.54 Å². The van der Waals surface area contributed by atoms with Gasteiger partial charge < -0.3 is 20.2 Å². The lowest BCUT2D eigenvalue weighted by molar-refractivity contribution is -0.143. The van der Waals surface area contributed by atoms with Gasteiger partial charge in [-0.2, -0.15) is 0 Å². The average Bonchev–Trinajstić information content (AvgIpc) is 2.56. The van der Waals surface area contributed by atoms with E-state index in [0.29, 0.717) is 10.7 Å². The molecule has 1 amide bonds. The first kappa shape index (κ1) is 16.0. The van der Waals surface area contributed by atoms with Gasteiger partial charge in [-0.25, -0.2) is 0 Å². The fraction of sp³-hybridized carbons (Fsp3) is 0.235. The lowest BCUT2D eigenvalue weighted by atomic mass is 9.99. The number of β-amino-alcohol motifs (C(OH)–C–C–N with tert-alkyl or cyclic N) is 1.